The van der Waals surface area contributed by atoms with E-state index in [1.807, 2.05) is 0 Å². The van der Waals surface area contributed by atoms with Gasteiger partial charge in [0.05, 0.1) is 21.3 Å². The number of methoxy groups -OCH3 is 3. The van der Waals surface area contributed by atoms with Crippen molar-refractivity contribution in [3.63, 3.8) is 0 Å². The number of carboxylic acid groups (broad SMARTS) is 1. The predicted molar refractivity (Wildman–Crippen MR) is 74.9 cm³/mol. The van der Waals surface area contributed by atoms with Gasteiger partial charge in [-0.25, -0.2) is 0 Å². The molecule has 0 aliphatic rings. The van der Waals surface area contributed by atoms with Crippen LogP contribution in [0.5, 0.6) is 17.2 Å². The number of hydrogen-bond donors (Lipinski definition) is 2. The lowest BCUT2D eigenvalue weighted by Gasteiger charge is -2.20. The molecule has 1 unspecified atom stereocenters. The summed E-state index contributed by atoms with van der Waals surface area (Å²) in [4.78, 5) is 10.6. The van der Waals surface area contributed by atoms with Crippen molar-refractivity contribution < 1.29 is 24.1 Å². The summed E-state index contributed by atoms with van der Waals surface area (Å²) >= 11 is 6.20. The van der Waals surface area contributed by atoms with Gasteiger partial charge in [0.15, 0.2) is 11.5 Å². The number of carbonyl (C=O) groups is 1. The second-order valence-electron chi connectivity index (χ2n) is 4.09. The van der Waals surface area contributed by atoms with Gasteiger partial charge in [0.1, 0.15) is 10.8 Å². The van der Waals surface area contributed by atoms with Gasteiger partial charge in [0.25, 0.3) is 0 Å². The van der Waals surface area contributed by atoms with Crippen molar-refractivity contribution in [2.24, 2.45) is 5.73 Å². The van der Waals surface area contributed by atoms with E-state index in [0.717, 1.165) is 0 Å². The third-order valence-corrected chi connectivity index (χ3v) is 3.21. The van der Waals surface area contributed by atoms with Gasteiger partial charge in [0, 0.05) is 18.0 Å². The molecule has 0 spiro atoms. The van der Waals surface area contributed by atoms with Gasteiger partial charge in [-0.1, -0.05) is 11.6 Å². The molecule has 6 nitrogen and oxygen atoms in total. The van der Waals surface area contributed by atoms with Gasteiger partial charge in [-0.15, -0.1) is 0 Å². The number of rotatable bonds is 7. The fourth-order valence-electron chi connectivity index (χ4n) is 1.87. The van der Waals surface area contributed by atoms with E-state index in [0.29, 0.717) is 22.8 Å². The summed E-state index contributed by atoms with van der Waals surface area (Å²) in [5.41, 5.74) is 6.59. The Hall–Kier alpha value is -1.66. The predicted octanol–water partition coefficient (Wildman–Crippen LogP) is 2.23. The zero-order valence-electron chi connectivity index (χ0n) is 11.6. The summed E-state index contributed by atoms with van der Waals surface area (Å²) in [6, 6.07) is 1.12. The van der Waals surface area contributed by atoms with E-state index in [9.17, 15) is 4.79 Å². The maximum Gasteiger partial charge on any atom is 0.303 e. The molecule has 0 aromatic heterocycles. The molecule has 0 fully saturated rings. The Kier molecular flexibility index (Phi) is 5.91. The van der Waals surface area contributed by atoms with E-state index >= 15 is 0 Å². The fraction of sp³-hybridized carbons (Fsp3) is 0.462. The van der Waals surface area contributed by atoms with Crippen LogP contribution in [0.2, 0.25) is 5.02 Å². The van der Waals surface area contributed by atoms with Crippen molar-refractivity contribution in [3.05, 3.63) is 16.7 Å². The minimum Gasteiger partial charge on any atom is -0.495 e. The first kappa shape index (κ1) is 16.4. The van der Waals surface area contributed by atoms with Crippen LogP contribution in [0.15, 0.2) is 6.07 Å². The third kappa shape index (κ3) is 3.46. The molecule has 0 aliphatic carbocycles. The van der Waals surface area contributed by atoms with Crippen LogP contribution >= 0.6 is 11.6 Å². The molecule has 1 aromatic carbocycles. The maximum absolute atomic E-state index is 10.6. The molecule has 1 aromatic rings. The topological polar surface area (TPSA) is 91.0 Å². The zero-order valence-corrected chi connectivity index (χ0v) is 12.4. The number of nitrogens with two attached hydrogens (primary N) is 1. The summed E-state index contributed by atoms with van der Waals surface area (Å²) in [7, 11) is 4.40. The molecule has 1 atom stereocenters. The van der Waals surface area contributed by atoms with Crippen molar-refractivity contribution in [3.8, 4) is 17.2 Å². The second kappa shape index (κ2) is 7.21. The number of ether oxygens (including phenoxy) is 3. The molecule has 0 bridgehead atoms. The third-order valence-electron chi connectivity index (χ3n) is 2.87. The molecule has 0 radical (unpaired) electrons. The quantitative estimate of drug-likeness (QED) is 0.802. The fourth-order valence-corrected chi connectivity index (χ4v) is 2.23. The normalized spacial score (nSPS) is 11.8. The molecular formula is C13H18ClNO5. The largest absolute Gasteiger partial charge is 0.495 e. The number of halogens is 1. The first-order valence-electron chi connectivity index (χ1n) is 5.91. The van der Waals surface area contributed by atoms with Crippen LogP contribution in [0.3, 0.4) is 0 Å². The van der Waals surface area contributed by atoms with Gasteiger partial charge >= 0.3 is 5.97 Å². The van der Waals surface area contributed by atoms with E-state index < -0.39 is 12.0 Å². The van der Waals surface area contributed by atoms with Gasteiger partial charge in [-0.3, -0.25) is 4.79 Å². The first-order chi connectivity index (χ1) is 9.46. The Morgan fingerprint density at radius 3 is 2.35 bits per heavy atom. The van der Waals surface area contributed by atoms with Gasteiger partial charge in [-0.2, -0.15) is 0 Å². The lowest BCUT2D eigenvalue weighted by molar-refractivity contribution is -0.137. The van der Waals surface area contributed by atoms with Crippen LogP contribution < -0.4 is 19.9 Å². The Labute approximate surface area is 122 Å². The summed E-state index contributed by atoms with van der Waals surface area (Å²) in [6.45, 7) is 0. The van der Waals surface area contributed by atoms with E-state index in [2.05, 4.69) is 0 Å². The summed E-state index contributed by atoms with van der Waals surface area (Å²) in [5.74, 6) is 0.215. The van der Waals surface area contributed by atoms with Crippen LogP contribution in [-0.4, -0.2) is 32.4 Å². The summed E-state index contributed by atoms with van der Waals surface area (Å²) in [5, 5.41) is 8.96. The molecule has 0 heterocycles. The molecule has 0 amide bonds. The molecule has 1 rings (SSSR count). The molecular weight excluding hydrogens is 286 g/mol. The van der Waals surface area contributed by atoms with Crippen LogP contribution in [-0.2, 0) is 4.79 Å². The van der Waals surface area contributed by atoms with Gasteiger partial charge in [0.2, 0.25) is 0 Å². The number of hydrogen-bond acceptors (Lipinski definition) is 5. The smallest absolute Gasteiger partial charge is 0.303 e. The van der Waals surface area contributed by atoms with E-state index in [4.69, 9.17) is 36.7 Å². The van der Waals surface area contributed by atoms with Gasteiger partial charge in [-0.05, 0) is 12.5 Å². The molecule has 20 heavy (non-hydrogen) atoms. The molecule has 0 saturated heterocycles. The highest BCUT2D eigenvalue weighted by Gasteiger charge is 2.22. The number of benzene rings is 1. The highest BCUT2D eigenvalue weighted by molar-refractivity contribution is 6.34. The SMILES string of the molecule is COc1cc(C(N)CCC(=O)O)c(OC)c(Cl)c1OC. The van der Waals surface area contributed by atoms with Crippen LogP contribution in [0.1, 0.15) is 24.4 Å². The second-order valence-corrected chi connectivity index (χ2v) is 4.47. The molecule has 7 heteroatoms. The maximum atomic E-state index is 10.6. The minimum atomic E-state index is -0.911. The number of aliphatic carboxylic acids is 1. The Balaban J connectivity index is 3.23. The highest BCUT2D eigenvalue weighted by Crippen LogP contribution is 2.45. The Morgan fingerprint density at radius 2 is 1.90 bits per heavy atom. The van der Waals surface area contributed by atoms with E-state index in [-0.39, 0.29) is 17.9 Å². The van der Waals surface area contributed by atoms with Gasteiger partial charge < -0.3 is 25.1 Å². The standard InChI is InChI=1S/C13H18ClNO5/c1-18-9-6-7(8(15)4-5-10(16)17)12(19-2)11(14)13(9)20-3/h6,8H,4-5,15H2,1-3H3,(H,16,17). The zero-order chi connectivity index (χ0) is 15.3. The lowest BCUT2D eigenvalue weighted by Crippen LogP contribution is -2.14. The van der Waals surface area contributed by atoms with E-state index in [1.54, 1.807) is 6.07 Å². The Bertz CT molecular complexity index is 492. The average molecular weight is 304 g/mol. The van der Waals surface area contributed by atoms with Crippen molar-refractivity contribution in [2.75, 3.05) is 21.3 Å². The molecule has 0 aliphatic heterocycles. The Morgan fingerprint density at radius 1 is 1.30 bits per heavy atom. The lowest BCUT2D eigenvalue weighted by atomic mass is 10.0. The monoisotopic (exact) mass is 303 g/mol. The van der Waals surface area contributed by atoms with Crippen molar-refractivity contribution in [1.29, 1.82) is 0 Å². The van der Waals surface area contributed by atoms with Crippen molar-refractivity contribution in [1.82, 2.24) is 0 Å². The van der Waals surface area contributed by atoms with E-state index in [1.165, 1.54) is 21.3 Å². The first-order valence-corrected chi connectivity index (χ1v) is 6.29. The van der Waals surface area contributed by atoms with Crippen LogP contribution in [0.25, 0.3) is 0 Å². The van der Waals surface area contributed by atoms with Crippen LogP contribution in [0.4, 0.5) is 0 Å². The molecule has 0 saturated carbocycles. The van der Waals surface area contributed by atoms with Crippen molar-refractivity contribution in [2.45, 2.75) is 18.9 Å². The van der Waals surface area contributed by atoms with Crippen LogP contribution in [0, 0.1) is 0 Å². The molecule has 112 valence electrons. The highest BCUT2D eigenvalue weighted by atomic mass is 35.5. The minimum absolute atomic E-state index is 0.0454. The number of carboxylic acids is 1. The average Bonchev–Trinajstić information content (AvgIpc) is 2.43. The van der Waals surface area contributed by atoms with Crippen molar-refractivity contribution >= 4 is 17.6 Å². The molecule has 3 N–H and O–H groups in total. The summed E-state index contributed by atoms with van der Waals surface area (Å²) in [6.07, 6.45) is 0.216. The summed E-state index contributed by atoms with van der Waals surface area (Å²) < 4.78 is 15.6.